The van der Waals surface area contributed by atoms with Crippen molar-refractivity contribution in [2.75, 3.05) is 27.2 Å². The third-order valence-electron chi connectivity index (χ3n) is 3.27. The molecule has 21 heavy (non-hydrogen) atoms. The van der Waals surface area contributed by atoms with Crippen LogP contribution < -0.4 is 5.73 Å². The summed E-state index contributed by atoms with van der Waals surface area (Å²) >= 11 is 0. The molecule has 0 saturated heterocycles. The molecule has 118 valence electrons. The fourth-order valence-corrected chi connectivity index (χ4v) is 2.14. The maximum atomic E-state index is 12.6. The Balaban J connectivity index is 2.73. The molecule has 0 aliphatic carbocycles. The summed E-state index contributed by atoms with van der Waals surface area (Å²) in [5, 5.41) is 0. The quantitative estimate of drug-likeness (QED) is 0.785. The highest BCUT2D eigenvalue weighted by molar-refractivity contribution is 5.81. The lowest BCUT2D eigenvalue weighted by molar-refractivity contribution is -0.133. The zero-order valence-corrected chi connectivity index (χ0v) is 13.6. The summed E-state index contributed by atoms with van der Waals surface area (Å²) in [6.45, 7) is 6.22. The number of likely N-dealkylation sites (N-methyl/N-ethyl adjacent to an activating group) is 1. The lowest BCUT2D eigenvalue weighted by atomic mass is 10.0. The van der Waals surface area contributed by atoms with Crippen molar-refractivity contribution in [1.82, 2.24) is 14.8 Å². The van der Waals surface area contributed by atoms with Crippen LogP contribution in [0.4, 0.5) is 0 Å². The molecule has 1 rings (SSSR count). The molecule has 1 amide bonds. The third-order valence-corrected chi connectivity index (χ3v) is 3.27. The minimum Gasteiger partial charge on any atom is -0.336 e. The number of aromatic nitrogens is 1. The van der Waals surface area contributed by atoms with Crippen LogP contribution in [0.25, 0.3) is 0 Å². The van der Waals surface area contributed by atoms with Crippen molar-refractivity contribution in [2.24, 2.45) is 11.7 Å². The topological polar surface area (TPSA) is 62.5 Å². The van der Waals surface area contributed by atoms with Gasteiger partial charge < -0.3 is 15.5 Å². The Bertz CT molecular complexity index is 420. The van der Waals surface area contributed by atoms with Gasteiger partial charge in [0, 0.05) is 32.0 Å². The highest BCUT2D eigenvalue weighted by Crippen LogP contribution is 2.09. The van der Waals surface area contributed by atoms with Crippen LogP contribution in [0, 0.1) is 5.92 Å². The molecule has 5 nitrogen and oxygen atoms in total. The van der Waals surface area contributed by atoms with Gasteiger partial charge in [-0.05, 0) is 38.1 Å². The maximum absolute atomic E-state index is 12.6. The largest absolute Gasteiger partial charge is 0.336 e. The van der Waals surface area contributed by atoms with Crippen LogP contribution in [0.5, 0.6) is 0 Å². The molecule has 2 N–H and O–H groups in total. The fourth-order valence-electron chi connectivity index (χ4n) is 2.14. The van der Waals surface area contributed by atoms with E-state index < -0.39 is 6.04 Å². The van der Waals surface area contributed by atoms with Gasteiger partial charge in [-0.15, -0.1) is 0 Å². The average molecular weight is 292 g/mol. The van der Waals surface area contributed by atoms with Crippen LogP contribution in [0.15, 0.2) is 24.5 Å². The molecule has 0 aliphatic rings. The Morgan fingerprint density at radius 1 is 1.33 bits per heavy atom. The van der Waals surface area contributed by atoms with E-state index in [9.17, 15) is 4.79 Å². The minimum absolute atomic E-state index is 0.0226. The molecule has 0 bridgehead atoms. The smallest absolute Gasteiger partial charge is 0.239 e. The number of nitrogens with two attached hydrogens (primary N) is 1. The van der Waals surface area contributed by atoms with Crippen molar-refractivity contribution >= 4 is 5.91 Å². The number of amides is 1. The van der Waals surface area contributed by atoms with E-state index in [-0.39, 0.29) is 5.91 Å². The number of pyridine rings is 1. The Kier molecular flexibility index (Phi) is 7.32. The summed E-state index contributed by atoms with van der Waals surface area (Å²) in [6.07, 6.45) is 4.24. The van der Waals surface area contributed by atoms with Crippen LogP contribution in [0.2, 0.25) is 0 Å². The molecule has 0 spiro atoms. The van der Waals surface area contributed by atoms with E-state index in [1.54, 1.807) is 12.4 Å². The Hall–Kier alpha value is -1.46. The zero-order valence-electron chi connectivity index (χ0n) is 13.6. The van der Waals surface area contributed by atoms with Crippen molar-refractivity contribution in [2.45, 2.75) is 32.9 Å². The lowest BCUT2D eigenvalue weighted by Gasteiger charge is -2.27. The van der Waals surface area contributed by atoms with Crippen molar-refractivity contribution in [3.8, 4) is 0 Å². The van der Waals surface area contributed by atoms with Crippen LogP contribution in [0.3, 0.4) is 0 Å². The predicted molar refractivity (Wildman–Crippen MR) is 85.6 cm³/mol. The minimum atomic E-state index is -0.427. The van der Waals surface area contributed by atoms with Gasteiger partial charge in [0.15, 0.2) is 0 Å². The molecule has 0 radical (unpaired) electrons. The second-order valence-electron chi connectivity index (χ2n) is 6.16. The first-order chi connectivity index (χ1) is 9.90. The van der Waals surface area contributed by atoms with Gasteiger partial charge in [-0.1, -0.05) is 19.9 Å². The predicted octanol–water partition coefficient (Wildman–Crippen LogP) is 1.35. The van der Waals surface area contributed by atoms with Gasteiger partial charge in [0.05, 0.1) is 6.04 Å². The molecule has 0 fully saturated rings. The molecule has 0 aromatic carbocycles. The summed E-state index contributed by atoms with van der Waals surface area (Å²) in [5.41, 5.74) is 7.09. The summed E-state index contributed by atoms with van der Waals surface area (Å²) in [6, 6.07) is 3.44. The Labute approximate surface area is 128 Å². The standard InChI is InChI=1S/C16H28N4O/c1-13(2)10-15(17)16(21)20(9-8-19(3)4)12-14-6-5-7-18-11-14/h5-7,11,13,15H,8-10,12,17H2,1-4H3/t15-/m0/s1. The first-order valence-corrected chi connectivity index (χ1v) is 7.48. The number of carbonyl (C=O) groups excluding carboxylic acids is 1. The first-order valence-electron chi connectivity index (χ1n) is 7.48. The van der Waals surface area contributed by atoms with Gasteiger partial charge in [-0.25, -0.2) is 0 Å². The normalized spacial score (nSPS) is 12.7. The zero-order chi connectivity index (χ0) is 15.8. The van der Waals surface area contributed by atoms with Gasteiger partial charge in [-0.3, -0.25) is 9.78 Å². The second kappa shape index (κ2) is 8.74. The van der Waals surface area contributed by atoms with Crippen LogP contribution >= 0.6 is 0 Å². The molecule has 0 aliphatic heterocycles. The molecule has 1 aromatic rings. The molecular weight excluding hydrogens is 264 g/mol. The number of nitrogens with zero attached hydrogens (tertiary/aromatic N) is 3. The van der Waals surface area contributed by atoms with Crippen molar-refractivity contribution < 1.29 is 4.79 Å². The van der Waals surface area contributed by atoms with Crippen LogP contribution in [0.1, 0.15) is 25.8 Å². The Morgan fingerprint density at radius 2 is 2.05 bits per heavy atom. The molecule has 0 unspecified atom stereocenters. The first kappa shape index (κ1) is 17.6. The van der Waals surface area contributed by atoms with Crippen LogP contribution in [-0.4, -0.2) is 53.9 Å². The highest BCUT2D eigenvalue weighted by Gasteiger charge is 2.22. The summed E-state index contributed by atoms with van der Waals surface area (Å²) in [4.78, 5) is 20.6. The van der Waals surface area contributed by atoms with E-state index in [2.05, 4.69) is 23.7 Å². The van der Waals surface area contributed by atoms with E-state index in [1.165, 1.54) is 0 Å². The van der Waals surface area contributed by atoms with Crippen molar-refractivity contribution in [3.63, 3.8) is 0 Å². The molecule has 5 heteroatoms. The third kappa shape index (κ3) is 6.69. The SMILES string of the molecule is CC(C)C[C@H](N)C(=O)N(CCN(C)C)Cc1cccnc1. The van der Waals surface area contributed by atoms with Crippen LogP contribution in [-0.2, 0) is 11.3 Å². The lowest BCUT2D eigenvalue weighted by Crippen LogP contribution is -2.46. The summed E-state index contributed by atoms with van der Waals surface area (Å²) in [7, 11) is 4.00. The second-order valence-corrected chi connectivity index (χ2v) is 6.16. The number of hydrogen-bond donors (Lipinski definition) is 1. The Morgan fingerprint density at radius 3 is 2.57 bits per heavy atom. The van der Waals surface area contributed by atoms with Crippen molar-refractivity contribution in [1.29, 1.82) is 0 Å². The molecule has 1 atom stereocenters. The maximum Gasteiger partial charge on any atom is 0.239 e. The van der Waals surface area contributed by atoms with Gasteiger partial charge in [-0.2, -0.15) is 0 Å². The van der Waals surface area contributed by atoms with Gasteiger partial charge in [0.25, 0.3) is 0 Å². The van der Waals surface area contributed by atoms with Gasteiger partial charge in [0.2, 0.25) is 5.91 Å². The van der Waals surface area contributed by atoms with Gasteiger partial charge in [0.1, 0.15) is 0 Å². The van der Waals surface area contributed by atoms with E-state index in [0.29, 0.717) is 25.4 Å². The summed E-state index contributed by atoms with van der Waals surface area (Å²) in [5.74, 6) is 0.437. The molecule has 1 aromatic heterocycles. The van der Waals surface area contributed by atoms with E-state index >= 15 is 0 Å². The van der Waals surface area contributed by atoms with E-state index in [1.807, 2.05) is 31.1 Å². The number of rotatable bonds is 8. The van der Waals surface area contributed by atoms with Crippen molar-refractivity contribution in [3.05, 3.63) is 30.1 Å². The highest BCUT2D eigenvalue weighted by atomic mass is 16.2. The van der Waals surface area contributed by atoms with E-state index in [0.717, 1.165) is 12.1 Å². The number of hydrogen-bond acceptors (Lipinski definition) is 4. The molecule has 0 saturated carbocycles. The summed E-state index contributed by atoms with van der Waals surface area (Å²) < 4.78 is 0. The number of carbonyl (C=O) groups is 1. The monoisotopic (exact) mass is 292 g/mol. The van der Waals surface area contributed by atoms with E-state index in [4.69, 9.17) is 5.73 Å². The van der Waals surface area contributed by atoms with Gasteiger partial charge >= 0.3 is 0 Å². The molecular formula is C16H28N4O. The molecule has 1 heterocycles. The average Bonchev–Trinajstić information content (AvgIpc) is 2.42. The fraction of sp³-hybridized carbons (Fsp3) is 0.625.